The summed E-state index contributed by atoms with van der Waals surface area (Å²) in [4.78, 5) is 11.9. The van der Waals surface area contributed by atoms with Gasteiger partial charge in [0.15, 0.2) is 0 Å². The van der Waals surface area contributed by atoms with E-state index in [1.165, 1.54) is 12.0 Å². The second-order valence-electron chi connectivity index (χ2n) is 4.57. The Bertz CT molecular complexity index is 336. The Kier molecular flexibility index (Phi) is 2.90. The van der Waals surface area contributed by atoms with Crippen molar-refractivity contribution in [2.24, 2.45) is 5.41 Å². The topological polar surface area (TPSA) is 17.1 Å². The minimum Gasteiger partial charge on any atom is -0.299 e. The lowest BCUT2D eigenvalue weighted by Crippen LogP contribution is -2.39. The molecule has 15 heavy (non-hydrogen) atoms. The molecule has 0 amide bonds. The van der Waals surface area contributed by atoms with Gasteiger partial charge in [0.2, 0.25) is 0 Å². The highest BCUT2D eigenvalue weighted by atomic mass is 16.1. The molecule has 1 heteroatoms. The van der Waals surface area contributed by atoms with Crippen molar-refractivity contribution < 1.29 is 4.79 Å². The van der Waals surface area contributed by atoms with Crippen LogP contribution < -0.4 is 0 Å². The van der Waals surface area contributed by atoms with Crippen LogP contribution in [0.1, 0.15) is 38.2 Å². The van der Waals surface area contributed by atoms with Gasteiger partial charge in [0, 0.05) is 11.8 Å². The van der Waals surface area contributed by atoms with E-state index in [1.54, 1.807) is 0 Å². The number of hydrogen-bond donors (Lipinski definition) is 0. The Labute approximate surface area is 91.5 Å². The van der Waals surface area contributed by atoms with Crippen LogP contribution >= 0.6 is 0 Å². The van der Waals surface area contributed by atoms with Crippen LogP contribution in [0.4, 0.5) is 0 Å². The second kappa shape index (κ2) is 4.18. The number of carbonyl (C=O) groups excluding carboxylic acids is 1. The molecule has 2 rings (SSSR count). The molecular formula is C14H18O. The maximum atomic E-state index is 11.9. The first-order valence-corrected chi connectivity index (χ1v) is 5.84. The zero-order valence-electron chi connectivity index (χ0n) is 9.33. The van der Waals surface area contributed by atoms with Crippen molar-refractivity contribution in [2.75, 3.05) is 0 Å². The summed E-state index contributed by atoms with van der Waals surface area (Å²) in [6, 6.07) is 10.4. The van der Waals surface area contributed by atoms with Crippen LogP contribution in [0.15, 0.2) is 30.3 Å². The fourth-order valence-corrected chi connectivity index (χ4v) is 2.52. The molecule has 0 aromatic heterocycles. The average molecular weight is 202 g/mol. The smallest absolute Gasteiger partial charge is 0.139 e. The zero-order valence-corrected chi connectivity index (χ0v) is 9.33. The highest BCUT2D eigenvalue weighted by Crippen LogP contribution is 2.45. The van der Waals surface area contributed by atoms with Gasteiger partial charge in [-0.05, 0) is 24.8 Å². The molecule has 1 fully saturated rings. The first-order valence-electron chi connectivity index (χ1n) is 5.84. The summed E-state index contributed by atoms with van der Waals surface area (Å²) in [6.07, 6.45) is 5.04. The van der Waals surface area contributed by atoms with Crippen molar-refractivity contribution in [2.45, 2.75) is 39.0 Å². The third-order valence-electron chi connectivity index (χ3n) is 3.61. The van der Waals surface area contributed by atoms with E-state index >= 15 is 0 Å². The fourth-order valence-electron chi connectivity index (χ4n) is 2.52. The lowest BCUT2D eigenvalue weighted by molar-refractivity contribution is -0.133. The van der Waals surface area contributed by atoms with Gasteiger partial charge in [0.05, 0.1) is 0 Å². The molecule has 1 nitrogen and oxygen atoms in total. The van der Waals surface area contributed by atoms with Crippen LogP contribution in [-0.2, 0) is 11.2 Å². The van der Waals surface area contributed by atoms with Gasteiger partial charge in [-0.25, -0.2) is 0 Å². The molecule has 0 bridgehead atoms. The SMILES string of the molecule is CCC(=O)C1(Cc2ccccc2)CCC1. The summed E-state index contributed by atoms with van der Waals surface area (Å²) < 4.78 is 0. The quantitative estimate of drug-likeness (QED) is 0.731. The van der Waals surface area contributed by atoms with Gasteiger partial charge in [0.1, 0.15) is 5.78 Å². The number of ketones is 1. The fraction of sp³-hybridized carbons (Fsp3) is 0.500. The molecule has 0 heterocycles. The van der Waals surface area contributed by atoms with Crippen molar-refractivity contribution in [1.82, 2.24) is 0 Å². The van der Waals surface area contributed by atoms with Gasteiger partial charge < -0.3 is 0 Å². The summed E-state index contributed by atoms with van der Waals surface area (Å²) in [5.41, 5.74) is 1.30. The molecule has 1 aromatic carbocycles. The van der Waals surface area contributed by atoms with Gasteiger partial charge in [-0.3, -0.25) is 4.79 Å². The number of hydrogen-bond acceptors (Lipinski definition) is 1. The van der Waals surface area contributed by atoms with E-state index in [9.17, 15) is 4.79 Å². The Balaban J connectivity index is 2.12. The summed E-state index contributed by atoms with van der Waals surface area (Å²) in [6.45, 7) is 1.98. The summed E-state index contributed by atoms with van der Waals surface area (Å²) in [5, 5.41) is 0. The van der Waals surface area contributed by atoms with Crippen molar-refractivity contribution in [3.8, 4) is 0 Å². The van der Waals surface area contributed by atoms with Crippen LogP contribution in [0, 0.1) is 5.41 Å². The summed E-state index contributed by atoms with van der Waals surface area (Å²) >= 11 is 0. The predicted molar refractivity (Wildman–Crippen MR) is 61.7 cm³/mol. The molecule has 1 aromatic rings. The van der Waals surface area contributed by atoms with Crippen molar-refractivity contribution in [3.63, 3.8) is 0 Å². The van der Waals surface area contributed by atoms with Crippen LogP contribution in [-0.4, -0.2) is 5.78 Å². The predicted octanol–water partition coefficient (Wildman–Crippen LogP) is 3.38. The third kappa shape index (κ3) is 1.97. The molecule has 1 saturated carbocycles. The number of rotatable bonds is 4. The number of Topliss-reactive ketones (excluding diaryl/α,β-unsaturated/α-hetero) is 1. The van der Waals surface area contributed by atoms with Crippen LogP contribution in [0.5, 0.6) is 0 Å². The highest BCUT2D eigenvalue weighted by molar-refractivity contribution is 5.85. The molecule has 0 N–H and O–H groups in total. The van der Waals surface area contributed by atoms with Crippen LogP contribution in [0.3, 0.4) is 0 Å². The van der Waals surface area contributed by atoms with Gasteiger partial charge in [-0.15, -0.1) is 0 Å². The van der Waals surface area contributed by atoms with E-state index in [4.69, 9.17) is 0 Å². The Hall–Kier alpha value is -1.11. The third-order valence-corrected chi connectivity index (χ3v) is 3.61. The van der Waals surface area contributed by atoms with Crippen molar-refractivity contribution in [3.05, 3.63) is 35.9 Å². The van der Waals surface area contributed by atoms with E-state index < -0.39 is 0 Å². The standard InChI is InChI=1S/C14H18O/c1-2-13(15)14(9-6-10-14)11-12-7-4-3-5-8-12/h3-5,7-8H,2,6,9-11H2,1H3. The van der Waals surface area contributed by atoms with E-state index in [0.717, 1.165) is 19.3 Å². The molecule has 0 unspecified atom stereocenters. The molecule has 80 valence electrons. The van der Waals surface area contributed by atoms with E-state index in [2.05, 4.69) is 24.3 Å². The molecule has 0 radical (unpaired) electrons. The minimum absolute atomic E-state index is 0.00387. The molecule has 0 atom stereocenters. The van der Waals surface area contributed by atoms with Crippen LogP contribution in [0.25, 0.3) is 0 Å². The Morgan fingerprint density at radius 2 is 1.93 bits per heavy atom. The monoisotopic (exact) mass is 202 g/mol. The second-order valence-corrected chi connectivity index (χ2v) is 4.57. The number of benzene rings is 1. The van der Waals surface area contributed by atoms with Crippen LogP contribution in [0.2, 0.25) is 0 Å². The molecular weight excluding hydrogens is 184 g/mol. The molecule has 1 aliphatic rings. The van der Waals surface area contributed by atoms with E-state index in [-0.39, 0.29) is 5.41 Å². The number of carbonyl (C=O) groups is 1. The maximum absolute atomic E-state index is 11.9. The van der Waals surface area contributed by atoms with E-state index in [1.807, 2.05) is 13.0 Å². The molecule has 0 aliphatic heterocycles. The first kappa shape index (κ1) is 10.4. The van der Waals surface area contributed by atoms with Gasteiger partial charge in [0.25, 0.3) is 0 Å². The van der Waals surface area contributed by atoms with Gasteiger partial charge in [-0.2, -0.15) is 0 Å². The zero-order chi connectivity index (χ0) is 10.7. The van der Waals surface area contributed by atoms with Gasteiger partial charge >= 0.3 is 0 Å². The minimum atomic E-state index is -0.00387. The Morgan fingerprint density at radius 3 is 2.40 bits per heavy atom. The average Bonchev–Trinajstić information content (AvgIpc) is 2.24. The lowest BCUT2D eigenvalue weighted by atomic mass is 9.62. The van der Waals surface area contributed by atoms with Gasteiger partial charge in [-0.1, -0.05) is 43.7 Å². The van der Waals surface area contributed by atoms with Crippen molar-refractivity contribution in [1.29, 1.82) is 0 Å². The summed E-state index contributed by atoms with van der Waals surface area (Å²) in [5.74, 6) is 0.456. The largest absolute Gasteiger partial charge is 0.299 e. The molecule has 1 aliphatic carbocycles. The lowest BCUT2D eigenvalue weighted by Gasteiger charge is -2.40. The maximum Gasteiger partial charge on any atom is 0.139 e. The Morgan fingerprint density at radius 1 is 1.27 bits per heavy atom. The first-order chi connectivity index (χ1) is 7.27. The van der Waals surface area contributed by atoms with E-state index in [0.29, 0.717) is 12.2 Å². The normalized spacial score (nSPS) is 18.2. The molecule has 0 spiro atoms. The van der Waals surface area contributed by atoms with Crippen molar-refractivity contribution >= 4 is 5.78 Å². The highest BCUT2D eigenvalue weighted by Gasteiger charge is 2.42. The molecule has 0 saturated heterocycles. The summed E-state index contributed by atoms with van der Waals surface area (Å²) in [7, 11) is 0.